The van der Waals surface area contributed by atoms with Gasteiger partial charge in [-0.2, -0.15) is 0 Å². The van der Waals surface area contributed by atoms with Crippen molar-refractivity contribution in [1.29, 1.82) is 0 Å². The molecule has 1 aromatic carbocycles. The molecule has 1 heterocycles. The first-order valence-corrected chi connectivity index (χ1v) is 6.16. The minimum Gasteiger partial charge on any atom is -0.506 e. The molecular formula is C10H7Cl2FN2OS. The second kappa shape index (κ2) is 5.08. The van der Waals surface area contributed by atoms with Gasteiger partial charge in [0.05, 0.1) is 12.2 Å². The van der Waals surface area contributed by atoms with E-state index < -0.39 is 5.82 Å². The number of phenols is 1. The van der Waals surface area contributed by atoms with Gasteiger partial charge in [0.15, 0.2) is 10.3 Å². The van der Waals surface area contributed by atoms with Crippen molar-refractivity contribution in [2.24, 2.45) is 0 Å². The van der Waals surface area contributed by atoms with E-state index in [4.69, 9.17) is 23.2 Å². The van der Waals surface area contributed by atoms with E-state index in [2.05, 4.69) is 10.3 Å². The van der Waals surface area contributed by atoms with E-state index in [1.54, 1.807) is 6.20 Å². The summed E-state index contributed by atoms with van der Waals surface area (Å²) in [5.74, 6) is -0.960. The summed E-state index contributed by atoms with van der Waals surface area (Å²) < 4.78 is 14.0. The van der Waals surface area contributed by atoms with Crippen LogP contribution in [-0.4, -0.2) is 10.1 Å². The van der Waals surface area contributed by atoms with E-state index in [9.17, 15) is 9.50 Å². The van der Waals surface area contributed by atoms with Crippen molar-refractivity contribution in [2.75, 3.05) is 5.32 Å². The van der Waals surface area contributed by atoms with Gasteiger partial charge in [0, 0.05) is 11.1 Å². The molecule has 90 valence electrons. The molecule has 0 amide bonds. The Labute approximate surface area is 111 Å². The molecule has 0 aliphatic carbocycles. The summed E-state index contributed by atoms with van der Waals surface area (Å²) >= 11 is 12.6. The fourth-order valence-electron chi connectivity index (χ4n) is 1.22. The number of aromatic nitrogens is 1. The lowest BCUT2D eigenvalue weighted by molar-refractivity contribution is 0.470. The van der Waals surface area contributed by atoms with E-state index in [0.29, 0.717) is 11.0 Å². The number of aromatic hydroxyl groups is 1. The fourth-order valence-corrected chi connectivity index (χ4v) is 2.31. The van der Waals surface area contributed by atoms with E-state index in [0.717, 1.165) is 4.88 Å². The summed E-state index contributed by atoms with van der Waals surface area (Å²) in [5, 5.41) is 11.7. The molecule has 0 aliphatic heterocycles. The maximum absolute atomic E-state index is 13.6. The number of halogens is 3. The molecule has 0 atom stereocenters. The van der Waals surface area contributed by atoms with Crippen LogP contribution in [0.2, 0.25) is 9.49 Å². The van der Waals surface area contributed by atoms with Gasteiger partial charge in [0.25, 0.3) is 0 Å². The lowest BCUT2D eigenvalue weighted by Gasteiger charge is -2.07. The molecule has 0 radical (unpaired) electrons. The van der Waals surface area contributed by atoms with Crippen LogP contribution in [0.5, 0.6) is 5.75 Å². The Hall–Kier alpha value is -1.04. The number of hydrogen-bond acceptors (Lipinski definition) is 4. The maximum Gasteiger partial charge on any atom is 0.183 e. The van der Waals surface area contributed by atoms with Crippen molar-refractivity contribution in [3.05, 3.63) is 38.5 Å². The van der Waals surface area contributed by atoms with Gasteiger partial charge in [-0.15, -0.1) is 11.3 Å². The number of hydrogen-bond donors (Lipinski definition) is 2. The molecule has 0 fully saturated rings. The summed E-state index contributed by atoms with van der Waals surface area (Å²) in [7, 11) is 0. The van der Waals surface area contributed by atoms with Crippen molar-refractivity contribution >= 4 is 40.2 Å². The number of phenolic OH excluding ortho intramolecular Hbond substituents is 1. The second-order valence-electron chi connectivity index (χ2n) is 3.19. The highest BCUT2D eigenvalue weighted by atomic mass is 35.5. The molecule has 0 saturated heterocycles. The Morgan fingerprint density at radius 3 is 2.82 bits per heavy atom. The molecule has 17 heavy (non-hydrogen) atoms. The predicted molar refractivity (Wildman–Crippen MR) is 67.5 cm³/mol. The second-order valence-corrected chi connectivity index (χ2v) is 5.27. The van der Waals surface area contributed by atoms with Gasteiger partial charge in [0.2, 0.25) is 0 Å². The quantitative estimate of drug-likeness (QED) is 0.843. The van der Waals surface area contributed by atoms with E-state index >= 15 is 0 Å². The highest BCUT2D eigenvalue weighted by Crippen LogP contribution is 2.31. The molecule has 3 nitrogen and oxygen atoms in total. The van der Waals surface area contributed by atoms with Crippen LogP contribution < -0.4 is 5.32 Å². The first kappa shape index (κ1) is 12.4. The van der Waals surface area contributed by atoms with Gasteiger partial charge >= 0.3 is 0 Å². The van der Waals surface area contributed by atoms with Crippen LogP contribution in [0.4, 0.5) is 10.1 Å². The zero-order chi connectivity index (χ0) is 12.4. The van der Waals surface area contributed by atoms with Crippen LogP contribution in [0.3, 0.4) is 0 Å². The molecule has 0 unspecified atom stereocenters. The summed E-state index contributed by atoms with van der Waals surface area (Å²) in [6.45, 7) is 0.391. The summed E-state index contributed by atoms with van der Waals surface area (Å²) in [4.78, 5) is 4.74. The SMILES string of the molecule is Oc1ccc(NCc2cnc(Cl)s2)c(F)c1Cl. The number of thiazole rings is 1. The van der Waals surface area contributed by atoms with E-state index in [1.165, 1.54) is 23.5 Å². The van der Waals surface area contributed by atoms with Crippen LogP contribution >= 0.6 is 34.5 Å². The molecule has 0 bridgehead atoms. The summed E-state index contributed by atoms with van der Waals surface area (Å²) in [6, 6.07) is 2.74. The third-order valence-corrected chi connectivity index (χ3v) is 3.51. The minimum absolute atomic E-state index is 0.220. The normalized spacial score (nSPS) is 10.5. The molecule has 2 rings (SSSR count). The van der Waals surface area contributed by atoms with Crippen LogP contribution in [0.1, 0.15) is 4.88 Å². The predicted octanol–water partition coefficient (Wildman–Crippen LogP) is 3.91. The average molecular weight is 293 g/mol. The van der Waals surface area contributed by atoms with Gasteiger partial charge < -0.3 is 10.4 Å². The first-order chi connectivity index (χ1) is 8.08. The van der Waals surface area contributed by atoms with Crippen LogP contribution in [-0.2, 0) is 6.54 Å². The van der Waals surface area contributed by atoms with Crippen molar-refractivity contribution in [2.45, 2.75) is 6.54 Å². The van der Waals surface area contributed by atoms with Gasteiger partial charge in [-0.05, 0) is 12.1 Å². The number of rotatable bonds is 3. The molecule has 2 N–H and O–H groups in total. The highest BCUT2D eigenvalue weighted by Gasteiger charge is 2.11. The Morgan fingerprint density at radius 2 is 2.18 bits per heavy atom. The van der Waals surface area contributed by atoms with Crippen LogP contribution in [0.25, 0.3) is 0 Å². The monoisotopic (exact) mass is 292 g/mol. The average Bonchev–Trinajstić information content (AvgIpc) is 2.71. The topological polar surface area (TPSA) is 45.1 Å². The first-order valence-electron chi connectivity index (χ1n) is 4.59. The number of anilines is 1. The van der Waals surface area contributed by atoms with Crippen LogP contribution in [0, 0.1) is 5.82 Å². The van der Waals surface area contributed by atoms with Crippen molar-refractivity contribution in [1.82, 2.24) is 4.98 Å². The highest BCUT2D eigenvalue weighted by molar-refractivity contribution is 7.15. The van der Waals surface area contributed by atoms with Crippen molar-refractivity contribution < 1.29 is 9.50 Å². The molecule has 1 aromatic heterocycles. The van der Waals surface area contributed by atoms with Gasteiger partial charge in [0.1, 0.15) is 10.8 Å². The lowest BCUT2D eigenvalue weighted by atomic mass is 10.3. The Kier molecular flexibility index (Phi) is 3.71. The van der Waals surface area contributed by atoms with Crippen molar-refractivity contribution in [3.8, 4) is 5.75 Å². The zero-order valence-electron chi connectivity index (χ0n) is 8.38. The third-order valence-electron chi connectivity index (χ3n) is 2.04. The maximum atomic E-state index is 13.6. The summed E-state index contributed by atoms with van der Waals surface area (Å²) in [6.07, 6.45) is 1.61. The summed E-state index contributed by atoms with van der Waals surface area (Å²) in [5.41, 5.74) is 0.220. The minimum atomic E-state index is -0.678. The number of nitrogens with one attached hydrogen (secondary N) is 1. The molecule has 2 aromatic rings. The standard InChI is InChI=1S/C10H7Cl2FN2OS/c11-8-7(16)2-1-6(9(8)13)14-3-5-4-15-10(12)17-5/h1-2,4,14,16H,3H2. The third kappa shape index (κ3) is 2.80. The van der Waals surface area contributed by atoms with Crippen molar-refractivity contribution in [3.63, 3.8) is 0 Å². The Bertz CT molecular complexity index is 547. The number of nitrogens with zero attached hydrogens (tertiary/aromatic N) is 1. The van der Waals surface area contributed by atoms with Crippen LogP contribution in [0.15, 0.2) is 18.3 Å². The Morgan fingerprint density at radius 1 is 1.41 bits per heavy atom. The lowest BCUT2D eigenvalue weighted by Crippen LogP contribution is -2.00. The van der Waals surface area contributed by atoms with Gasteiger partial charge in [-0.3, -0.25) is 0 Å². The fraction of sp³-hybridized carbons (Fsp3) is 0.100. The van der Waals surface area contributed by atoms with E-state index in [-0.39, 0.29) is 16.5 Å². The number of benzene rings is 1. The zero-order valence-corrected chi connectivity index (χ0v) is 10.7. The molecular weight excluding hydrogens is 286 g/mol. The van der Waals surface area contributed by atoms with E-state index in [1.807, 2.05) is 0 Å². The smallest absolute Gasteiger partial charge is 0.183 e. The molecule has 0 spiro atoms. The van der Waals surface area contributed by atoms with Gasteiger partial charge in [-0.25, -0.2) is 9.37 Å². The molecule has 0 aliphatic rings. The molecule has 0 saturated carbocycles. The molecule has 7 heteroatoms. The Balaban J connectivity index is 2.12. The largest absolute Gasteiger partial charge is 0.506 e. The van der Waals surface area contributed by atoms with Gasteiger partial charge in [-0.1, -0.05) is 23.2 Å².